The first-order chi connectivity index (χ1) is 12.2. The first kappa shape index (κ1) is 17.5. The van der Waals surface area contributed by atoms with Crippen molar-refractivity contribution in [3.05, 3.63) is 52.8 Å². The Hall–Kier alpha value is -2.27. The Bertz CT molecular complexity index is 728. The smallest absolute Gasteiger partial charge is 0.222 e. The Balaban J connectivity index is 1.69. The van der Waals surface area contributed by atoms with Gasteiger partial charge in [0.25, 0.3) is 0 Å². The van der Waals surface area contributed by atoms with Gasteiger partial charge in [0.1, 0.15) is 0 Å². The van der Waals surface area contributed by atoms with Crippen LogP contribution in [0.1, 0.15) is 52.9 Å². The number of fused-ring (bicyclic) bond motifs is 1. The van der Waals surface area contributed by atoms with Crippen LogP contribution in [-0.2, 0) is 11.2 Å². The second-order valence-electron chi connectivity index (χ2n) is 6.47. The van der Waals surface area contributed by atoms with Crippen molar-refractivity contribution < 1.29 is 9.53 Å². The molecule has 25 heavy (non-hydrogen) atoms. The molecule has 5 heteroatoms. The van der Waals surface area contributed by atoms with E-state index in [1.54, 1.807) is 6.20 Å². The normalized spacial score (nSPS) is 16.6. The topological polar surface area (TPSA) is 64.1 Å². The van der Waals surface area contributed by atoms with Crippen molar-refractivity contribution in [1.82, 2.24) is 9.97 Å². The molecule has 0 saturated heterocycles. The van der Waals surface area contributed by atoms with Crippen molar-refractivity contribution in [2.24, 2.45) is 0 Å². The zero-order valence-corrected chi connectivity index (χ0v) is 14.9. The van der Waals surface area contributed by atoms with Gasteiger partial charge < -0.3 is 10.1 Å². The summed E-state index contributed by atoms with van der Waals surface area (Å²) >= 11 is 0. The summed E-state index contributed by atoms with van der Waals surface area (Å²) in [5, 5.41) is 3.22. The lowest BCUT2D eigenvalue weighted by molar-refractivity contribution is 0.0962. The molecule has 0 amide bonds. The maximum absolute atomic E-state index is 12.5. The van der Waals surface area contributed by atoms with E-state index in [1.807, 2.05) is 6.92 Å². The number of carbonyl (C=O) groups is 1. The Kier molecular flexibility index (Phi) is 5.76. The van der Waals surface area contributed by atoms with Crippen molar-refractivity contribution in [2.75, 3.05) is 25.1 Å². The third-order valence-electron chi connectivity index (χ3n) is 4.54. The number of benzene rings is 1. The SMILES string of the molecule is CCOCCCNc1ncc2c(n1)C[C@@H](c1ccc(C)cc1)CC2=O. The number of hydrogen-bond donors (Lipinski definition) is 1. The van der Waals surface area contributed by atoms with Gasteiger partial charge in [-0.25, -0.2) is 9.97 Å². The molecular weight excluding hydrogens is 314 g/mol. The van der Waals surface area contributed by atoms with E-state index in [1.165, 1.54) is 11.1 Å². The molecule has 5 nitrogen and oxygen atoms in total. The molecule has 0 saturated carbocycles. The average Bonchev–Trinajstić information content (AvgIpc) is 2.62. The lowest BCUT2D eigenvalue weighted by Crippen LogP contribution is -2.21. The van der Waals surface area contributed by atoms with Gasteiger partial charge in [-0.1, -0.05) is 29.8 Å². The number of hydrogen-bond acceptors (Lipinski definition) is 5. The number of nitrogens with zero attached hydrogens (tertiary/aromatic N) is 2. The summed E-state index contributed by atoms with van der Waals surface area (Å²) in [6.45, 7) is 6.28. The lowest BCUT2D eigenvalue weighted by atomic mass is 9.82. The van der Waals surface area contributed by atoms with Crippen LogP contribution < -0.4 is 5.32 Å². The van der Waals surface area contributed by atoms with Gasteiger partial charge in [0, 0.05) is 32.4 Å². The van der Waals surface area contributed by atoms with Gasteiger partial charge in [-0.15, -0.1) is 0 Å². The van der Waals surface area contributed by atoms with Crippen molar-refractivity contribution in [2.45, 2.75) is 39.0 Å². The quantitative estimate of drug-likeness (QED) is 0.782. The van der Waals surface area contributed by atoms with Gasteiger partial charge in [0.2, 0.25) is 5.95 Å². The number of carbonyl (C=O) groups excluding carboxylic acids is 1. The van der Waals surface area contributed by atoms with E-state index >= 15 is 0 Å². The lowest BCUT2D eigenvalue weighted by Gasteiger charge is -2.23. The molecule has 0 radical (unpaired) electrons. The summed E-state index contributed by atoms with van der Waals surface area (Å²) in [7, 11) is 0. The second kappa shape index (κ2) is 8.21. The Labute approximate surface area is 148 Å². The first-order valence-corrected chi connectivity index (χ1v) is 8.94. The van der Waals surface area contributed by atoms with Crippen LogP contribution in [0.5, 0.6) is 0 Å². The minimum absolute atomic E-state index is 0.134. The fourth-order valence-corrected chi connectivity index (χ4v) is 3.12. The standard InChI is InChI=1S/C20H25N3O2/c1-3-25-10-4-9-21-20-22-13-17-18(23-20)11-16(12-19(17)24)15-7-5-14(2)6-8-15/h5-8,13,16H,3-4,9-12H2,1-2H3,(H,21,22,23)/t16-/m1/s1. The number of Topliss-reactive ketones (excluding diaryl/α,β-unsaturated/α-hetero) is 1. The van der Waals surface area contributed by atoms with Crippen molar-refractivity contribution in [1.29, 1.82) is 0 Å². The molecule has 1 aliphatic rings. The fraction of sp³-hybridized carbons (Fsp3) is 0.450. The van der Waals surface area contributed by atoms with Gasteiger partial charge >= 0.3 is 0 Å². The summed E-state index contributed by atoms with van der Waals surface area (Å²) in [6.07, 6.45) is 3.88. The van der Waals surface area contributed by atoms with E-state index in [2.05, 4.69) is 46.5 Å². The third kappa shape index (κ3) is 4.42. The molecule has 0 aliphatic heterocycles. The summed E-state index contributed by atoms with van der Waals surface area (Å²) in [5.41, 5.74) is 3.95. The molecule has 1 aromatic carbocycles. The predicted molar refractivity (Wildman–Crippen MR) is 98.2 cm³/mol. The number of aromatic nitrogens is 2. The van der Waals surface area contributed by atoms with Crippen molar-refractivity contribution in [3.8, 4) is 0 Å². The minimum atomic E-state index is 0.134. The number of rotatable bonds is 7. The maximum atomic E-state index is 12.5. The Morgan fingerprint density at radius 2 is 2.04 bits per heavy atom. The number of ketones is 1. The number of aryl methyl sites for hydroxylation is 1. The van der Waals surface area contributed by atoms with Crippen LogP contribution in [-0.4, -0.2) is 35.5 Å². The largest absolute Gasteiger partial charge is 0.382 e. The molecule has 2 aromatic rings. The highest BCUT2D eigenvalue weighted by Crippen LogP contribution is 2.32. The van der Waals surface area contributed by atoms with E-state index in [-0.39, 0.29) is 11.7 Å². The molecule has 0 spiro atoms. The molecule has 1 aromatic heterocycles. The summed E-state index contributed by atoms with van der Waals surface area (Å²) in [4.78, 5) is 21.3. The maximum Gasteiger partial charge on any atom is 0.222 e. The van der Waals surface area contributed by atoms with Crippen LogP contribution in [0.4, 0.5) is 5.95 Å². The highest BCUT2D eigenvalue weighted by molar-refractivity contribution is 5.98. The molecule has 1 heterocycles. The Morgan fingerprint density at radius 1 is 1.24 bits per heavy atom. The second-order valence-corrected chi connectivity index (χ2v) is 6.47. The third-order valence-corrected chi connectivity index (χ3v) is 4.54. The molecule has 1 atom stereocenters. The predicted octanol–water partition coefficient (Wildman–Crippen LogP) is 3.54. The first-order valence-electron chi connectivity index (χ1n) is 8.94. The van der Waals surface area contributed by atoms with E-state index < -0.39 is 0 Å². The van der Waals surface area contributed by atoms with Gasteiger partial charge in [-0.2, -0.15) is 0 Å². The average molecular weight is 339 g/mol. The fourth-order valence-electron chi connectivity index (χ4n) is 3.12. The molecule has 132 valence electrons. The van der Waals surface area contributed by atoms with Gasteiger partial charge in [0.15, 0.2) is 5.78 Å². The minimum Gasteiger partial charge on any atom is -0.382 e. The van der Waals surface area contributed by atoms with Crippen LogP contribution in [0.25, 0.3) is 0 Å². The summed E-state index contributed by atoms with van der Waals surface area (Å²) < 4.78 is 5.32. The zero-order chi connectivity index (χ0) is 17.6. The van der Waals surface area contributed by atoms with E-state index in [4.69, 9.17) is 4.74 Å². The molecule has 1 N–H and O–H groups in total. The molecule has 3 rings (SSSR count). The number of anilines is 1. The molecule has 0 fully saturated rings. The van der Waals surface area contributed by atoms with Crippen molar-refractivity contribution in [3.63, 3.8) is 0 Å². The van der Waals surface area contributed by atoms with Crippen LogP contribution in [0.3, 0.4) is 0 Å². The van der Waals surface area contributed by atoms with Crippen LogP contribution >= 0.6 is 0 Å². The van der Waals surface area contributed by atoms with Crippen LogP contribution in [0.2, 0.25) is 0 Å². The highest BCUT2D eigenvalue weighted by atomic mass is 16.5. The van der Waals surface area contributed by atoms with E-state index in [0.717, 1.165) is 38.3 Å². The Morgan fingerprint density at radius 3 is 2.80 bits per heavy atom. The van der Waals surface area contributed by atoms with Crippen LogP contribution in [0.15, 0.2) is 30.5 Å². The number of ether oxygens (including phenoxy) is 1. The van der Waals surface area contributed by atoms with Crippen molar-refractivity contribution >= 4 is 11.7 Å². The van der Waals surface area contributed by atoms with Gasteiger partial charge in [-0.05, 0) is 38.2 Å². The zero-order valence-electron chi connectivity index (χ0n) is 14.9. The monoisotopic (exact) mass is 339 g/mol. The number of nitrogens with one attached hydrogen (secondary N) is 1. The molecule has 1 aliphatic carbocycles. The van der Waals surface area contributed by atoms with Gasteiger partial charge in [-0.3, -0.25) is 4.79 Å². The molecular formula is C20H25N3O2. The van der Waals surface area contributed by atoms with Crippen LogP contribution in [0, 0.1) is 6.92 Å². The highest BCUT2D eigenvalue weighted by Gasteiger charge is 2.27. The molecule has 0 bridgehead atoms. The molecule has 0 unspecified atom stereocenters. The van der Waals surface area contributed by atoms with E-state index in [0.29, 0.717) is 17.9 Å². The van der Waals surface area contributed by atoms with E-state index in [9.17, 15) is 4.79 Å². The van der Waals surface area contributed by atoms with Gasteiger partial charge in [0.05, 0.1) is 11.3 Å². The summed E-state index contributed by atoms with van der Waals surface area (Å²) in [5.74, 6) is 0.920. The summed E-state index contributed by atoms with van der Waals surface area (Å²) in [6, 6.07) is 8.43.